The summed E-state index contributed by atoms with van der Waals surface area (Å²) in [6.45, 7) is 0.988. The number of carbonyl (C=O) groups is 1. The number of hydrogen-bond donors (Lipinski definition) is 1. The van der Waals surface area contributed by atoms with Crippen molar-refractivity contribution in [2.75, 3.05) is 13.7 Å². The van der Waals surface area contributed by atoms with E-state index < -0.39 is 11.0 Å². The molecule has 17 heavy (non-hydrogen) atoms. The van der Waals surface area contributed by atoms with Crippen LogP contribution in [0.2, 0.25) is 0 Å². The average Bonchev–Trinajstić information content (AvgIpc) is 2.27. The van der Waals surface area contributed by atoms with E-state index >= 15 is 0 Å². The Morgan fingerprint density at radius 2 is 2.06 bits per heavy atom. The summed E-state index contributed by atoms with van der Waals surface area (Å²) < 4.78 is 4.99. The molecule has 0 aliphatic rings. The zero-order valence-corrected chi connectivity index (χ0v) is 9.67. The molecule has 1 aromatic rings. The van der Waals surface area contributed by atoms with E-state index in [0.29, 0.717) is 11.3 Å². The van der Waals surface area contributed by atoms with Gasteiger partial charge < -0.3 is 10.1 Å². The van der Waals surface area contributed by atoms with Crippen LogP contribution in [0.5, 0.6) is 5.75 Å². The average molecular weight is 238 g/mol. The summed E-state index contributed by atoms with van der Waals surface area (Å²) >= 11 is 0. The van der Waals surface area contributed by atoms with Gasteiger partial charge in [0.2, 0.25) is 12.5 Å². The number of nitrogens with one attached hydrogen (secondary N) is 1. The monoisotopic (exact) mass is 238 g/mol. The lowest BCUT2D eigenvalue weighted by Crippen LogP contribution is -2.31. The van der Waals surface area contributed by atoms with Crippen molar-refractivity contribution in [3.63, 3.8) is 0 Å². The molecule has 0 unspecified atom stereocenters. The van der Waals surface area contributed by atoms with Crippen LogP contribution >= 0.6 is 0 Å². The fourth-order valence-corrected chi connectivity index (χ4v) is 1.47. The third-order valence-electron chi connectivity index (χ3n) is 2.23. The van der Waals surface area contributed by atoms with E-state index in [0.717, 1.165) is 0 Å². The summed E-state index contributed by atoms with van der Waals surface area (Å²) in [6, 6.07) is 6.17. The quantitative estimate of drug-likeness (QED) is 0.616. The topological polar surface area (TPSA) is 81.5 Å². The first kappa shape index (κ1) is 13.0. The highest BCUT2D eigenvalue weighted by molar-refractivity contribution is 5.73. The maximum Gasteiger partial charge on any atom is 0.227 e. The lowest BCUT2D eigenvalue weighted by Gasteiger charge is -2.14. The molecule has 6 heteroatoms. The van der Waals surface area contributed by atoms with Gasteiger partial charge in [0.15, 0.2) is 0 Å². The Morgan fingerprint density at radius 3 is 2.47 bits per heavy atom. The minimum atomic E-state index is -0.617. The van der Waals surface area contributed by atoms with E-state index in [1.54, 1.807) is 24.3 Å². The zero-order valence-electron chi connectivity index (χ0n) is 9.67. The molecular weight excluding hydrogens is 224 g/mol. The van der Waals surface area contributed by atoms with Gasteiger partial charge in [0.1, 0.15) is 11.8 Å². The largest absolute Gasteiger partial charge is 0.497 e. The molecule has 1 N–H and O–H groups in total. The molecule has 0 radical (unpaired) electrons. The Morgan fingerprint density at radius 1 is 1.47 bits per heavy atom. The summed E-state index contributed by atoms with van der Waals surface area (Å²) in [5.41, 5.74) is 0.678. The number of benzene rings is 1. The molecule has 0 bridgehead atoms. The van der Waals surface area contributed by atoms with Gasteiger partial charge in [-0.2, -0.15) is 0 Å². The van der Waals surface area contributed by atoms with Crippen LogP contribution in [0.1, 0.15) is 18.5 Å². The van der Waals surface area contributed by atoms with Crippen molar-refractivity contribution in [2.45, 2.75) is 13.0 Å². The van der Waals surface area contributed by atoms with Crippen molar-refractivity contribution in [3.05, 3.63) is 39.9 Å². The van der Waals surface area contributed by atoms with Gasteiger partial charge in [-0.3, -0.25) is 14.9 Å². The smallest absolute Gasteiger partial charge is 0.227 e. The zero-order chi connectivity index (χ0) is 12.8. The molecule has 6 nitrogen and oxygen atoms in total. The van der Waals surface area contributed by atoms with Crippen LogP contribution in [0.25, 0.3) is 0 Å². The van der Waals surface area contributed by atoms with Crippen LogP contribution in [-0.4, -0.2) is 24.5 Å². The number of nitro groups is 1. The molecule has 1 amide bonds. The number of nitrogens with zero attached hydrogens (tertiary/aromatic N) is 1. The number of methoxy groups -OCH3 is 1. The summed E-state index contributed by atoms with van der Waals surface area (Å²) in [7, 11) is 1.54. The Hall–Kier alpha value is -2.11. The third kappa shape index (κ3) is 4.10. The van der Waals surface area contributed by atoms with Gasteiger partial charge in [-0.05, 0) is 17.7 Å². The number of amides is 1. The van der Waals surface area contributed by atoms with Gasteiger partial charge in [-0.15, -0.1) is 0 Å². The molecule has 0 aromatic heterocycles. The lowest BCUT2D eigenvalue weighted by atomic mass is 10.1. The van der Waals surface area contributed by atoms with Crippen LogP contribution in [0.3, 0.4) is 0 Å². The molecule has 0 heterocycles. The Balaban J connectivity index is 2.86. The van der Waals surface area contributed by atoms with Crippen molar-refractivity contribution in [1.82, 2.24) is 5.32 Å². The van der Waals surface area contributed by atoms with E-state index in [9.17, 15) is 14.9 Å². The minimum Gasteiger partial charge on any atom is -0.497 e. The van der Waals surface area contributed by atoms with Crippen molar-refractivity contribution >= 4 is 5.91 Å². The standard InChI is InChI=1S/C11H14N2O4/c1-8(14)12-11(7-13(15)16)9-3-5-10(17-2)6-4-9/h3-6,11H,7H2,1-2H3,(H,12,14)/t11-/m1/s1. The maximum atomic E-state index is 11.0. The molecule has 1 atom stereocenters. The Kier molecular flexibility index (Phi) is 4.45. The lowest BCUT2D eigenvalue weighted by molar-refractivity contribution is -0.484. The minimum absolute atomic E-state index is 0.298. The Bertz CT molecular complexity index is 386. The molecular formula is C11H14N2O4. The molecule has 0 aliphatic carbocycles. The first-order valence-electron chi connectivity index (χ1n) is 5.05. The van der Waals surface area contributed by atoms with Crippen LogP contribution in [0.4, 0.5) is 0 Å². The van der Waals surface area contributed by atoms with Gasteiger partial charge in [0.25, 0.3) is 0 Å². The summed E-state index contributed by atoms with van der Waals surface area (Å²) in [5.74, 6) is 0.365. The van der Waals surface area contributed by atoms with E-state index in [1.807, 2.05) is 0 Å². The first-order valence-corrected chi connectivity index (χ1v) is 5.05. The maximum absolute atomic E-state index is 11.0. The van der Waals surface area contributed by atoms with Crippen LogP contribution in [0.15, 0.2) is 24.3 Å². The summed E-state index contributed by atoms with van der Waals surface area (Å²) in [5, 5.41) is 13.1. The van der Waals surface area contributed by atoms with Gasteiger partial charge in [0, 0.05) is 11.8 Å². The number of rotatable bonds is 5. The van der Waals surface area contributed by atoms with Crippen molar-refractivity contribution < 1.29 is 14.5 Å². The summed E-state index contributed by atoms with van der Waals surface area (Å²) in [4.78, 5) is 21.0. The molecule has 0 fully saturated rings. The third-order valence-corrected chi connectivity index (χ3v) is 2.23. The molecule has 92 valence electrons. The molecule has 1 rings (SSSR count). The fourth-order valence-electron chi connectivity index (χ4n) is 1.47. The summed E-state index contributed by atoms with van der Waals surface area (Å²) in [6.07, 6.45) is 0. The predicted octanol–water partition coefficient (Wildman–Crippen LogP) is 1.15. The number of ether oxygens (including phenoxy) is 1. The molecule has 0 aliphatic heterocycles. The van der Waals surface area contributed by atoms with E-state index in [4.69, 9.17) is 4.74 Å². The highest BCUT2D eigenvalue weighted by Gasteiger charge is 2.18. The van der Waals surface area contributed by atoms with Gasteiger partial charge in [-0.25, -0.2) is 0 Å². The van der Waals surface area contributed by atoms with Gasteiger partial charge in [0.05, 0.1) is 7.11 Å². The van der Waals surface area contributed by atoms with E-state index in [-0.39, 0.29) is 12.5 Å². The van der Waals surface area contributed by atoms with Crippen LogP contribution in [0, 0.1) is 10.1 Å². The van der Waals surface area contributed by atoms with Crippen molar-refractivity contribution in [2.24, 2.45) is 0 Å². The number of hydrogen-bond acceptors (Lipinski definition) is 4. The second-order valence-corrected chi connectivity index (χ2v) is 3.54. The van der Waals surface area contributed by atoms with Crippen molar-refractivity contribution in [1.29, 1.82) is 0 Å². The first-order chi connectivity index (χ1) is 8.02. The van der Waals surface area contributed by atoms with E-state index in [2.05, 4.69) is 5.32 Å². The molecule has 0 saturated heterocycles. The van der Waals surface area contributed by atoms with Crippen LogP contribution < -0.4 is 10.1 Å². The molecule has 0 saturated carbocycles. The van der Waals surface area contributed by atoms with Gasteiger partial charge in [-0.1, -0.05) is 12.1 Å². The normalized spacial score (nSPS) is 11.6. The second-order valence-electron chi connectivity index (χ2n) is 3.54. The molecule has 0 spiro atoms. The fraction of sp³-hybridized carbons (Fsp3) is 0.364. The Labute approximate surface area is 98.7 Å². The van der Waals surface area contributed by atoms with Gasteiger partial charge >= 0.3 is 0 Å². The van der Waals surface area contributed by atoms with Crippen LogP contribution in [-0.2, 0) is 4.79 Å². The molecule has 1 aromatic carbocycles. The highest BCUT2D eigenvalue weighted by Crippen LogP contribution is 2.17. The highest BCUT2D eigenvalue weighted by atomic mass is 16.6. The number of carbonyl (C=O) groups excluding carboxylic acids is 1. The predicted molar refractivity (Wildman–Crippen MR) is 61.4 cm³/mol. The van der Waals surface area contributed by atoms with E-state index in [1.165, 1.54) is 14.0 Å². The van der Waals surface area contributed by atoms with Crippen molar-refractivity contribution in [3.8, 4) is 5.75 Å². The SMILES string of the molecule is COc1ccc([C@@H](C[N+](=O)[O-])NC(C)=O)cc1. The second kappa shape index (κ2) is 5.83.